The van der Waals surface area contributed by atoms with E-state index in [4.69, 9.17) is 4.52 Å². The highest BCUT2D eigenvalue weighted by Gasteiger charge is 2.13. The largest absolute Gasteiger partial charge is 0.364 e. The highest BCUT2D eigenvalue weighted by molar-refractivity contribution is 5.36. The molecule has 1 unspecified atom stereocenters. The van der Waals surface area contributed by atoms with Crippen LogP contribution in [0.1, 0.15) is 41.8 Å². The van der Waals surface area contributed by atoms with Gasteiger partial charge in [0, 0.05) is 18.7 Å². The first-order valence-electron chi connectivity index (χ1n) is 6.57. The second-order valence-corrected chi connectivity index (χ2v) is 4.98. The van der Waals surface area contributed by atoms with E-state index in [2.05, 4.69) is 35.6 Å². The maximum atomic E-state index is 4.82. The molecule has 0 saturated carbocycles. The molecule has 1 N–H and O–H groups in total. The highest BCUT2D eigenvalue weighted by Crippen LogP contribution is 2.25. The lowest BCUT2D eigenvalue weighted by molar-refractivity contribution is 0.406. The molecule has 1 aliphatic rings. The maximum Gasteiger partial charge on any atom is 0.124 e. The van der Waals surface area contributed by atoms with Crippen LogP contribution in [0.4, 0.5) is 0 Å². The first-order chi connectivity index (χ1) is 8.83. The van der Waals surface area contributed by atoms with E-state index in [1.807, 2.05) is 6.07 Å². The number of hydrogen-bond acceptors (Lipinski definition) is 3. The SMILES string of the molecule is CC(NCc1ccon1)c1ccc2c(c1)CCC2. The van der Waals surface area contributed by atoms with Gasteiger partial charge in [-0.05, 0) is 42.9 Å². The van der Waals surface area contributed by atoms with Gasteiger partial charge in [0.15, 0.2) is 0 Å². The number of fused-ring (bicyclic) bond motifs is 1. The van der Waals surface area contributed by atoms with Gasteiger partial charge in [-0.2, -0.15) is 0 Å². The maximum absolute atomic E-state index is 4.82. The summed E-state index contributed by atoms with van der Waals surface area (Å²) in [5.41, 5.74) is 5.37. The van der Waals surface area contributed by atoms with Gasteiger partial charge in [-0.15, -0.1) is 0 Å². The lowest BCUT2D eigenvalue weighted by atomic mass is 10.0. The van der Waals surface area contributed by atoms with E-state index in [0.29, 0.717) is 6.04 Å². The van der Waals surface area contributed by atoms with E-state index in [-0.39, 0.29) is 0 Å². The fourth-order valence-electron chi connectivity index (χ4n) is 2.57. The Labute approximate surface area is 107 Å². The molecule has 1 atom stereocenters. The van der Waals surface area contributed by atoms with Crippen molar-refractivity contribution in [3.05, 3.63) is 52.9 Å². The summed E-state index contributed by atoms with van der Waals surface area (Å²) in [6.45, 7) is 2.94. The average Bonchev–Trinajstić information content (AvgIpc) is 3.05. The van der Waals surface area contributed by atoms with E-state index >= 15 is 0 Å². The number of benzene rings is 1. The van der Waals surface area contributed by atoms with Gasteiger partial charge in [-0.3, -0.25) is 0 Å². The Bertz CT molecular complexity index is 519. The summed E-state index contributed by atoms with van der Waals surface area (Å²) in [6, 6.07) is 9.11. The summed E-state index contributed by atoms with van der Waals surface area (Å²) in [6.07, 6.45) is 5.39. The van der Waals surface area contributed by atoms with Gasteiger partial charge in [0.05, 0.1) is 5.69 Å². The Morgan fingerprint density at radius 2 is 2.17 bits per heavy atom. The van der Waals surface area contributed by atoms with Gasteiger partial charge in [0.2, 0.25) is 0 Å². The summed E-state index contributed by atoms with van der Waals surface area (Å²) in [4.78, 5) is 0. The van der Waals surface area contributed by atoms with Crippen molar-refractivity contribution in [1.29, 1.82) is 0 Å². The van der Waals surface area contributed by atoms with E-state index in [0.717, 1.165) is 12.2 Å². The molecule has 3 nitrogen and oxygen atoms in total. The third-order valence-corrected chi connectivity index (χ3v) is 3.70. The summed E-state index contributed by atoms with van der Waals surface area (Å²) in [5, 5.41) is 7.37. The molecular formula is C15H18N2O. The van der Waals surface area contributed by atoms with E-state index in [9.17, 15) is 0 Å². The lowest BCUT2D eigenvalue weighted by Gasteiger charge is -2.14. The summed E-state index contributed by atoms with van der Waals surface area (Å²) < 4.78 is 4.82. The first kappa shape index (κ1) is 11.5. The van der Waals surface area contributed by atoms with Crippen LogP contribution in [0.3, 0.4) is 0 Å². The average molecular weight is 242 g/mol. The van der Waals surface area contributed by atoms with Crippen molar-refractivity contribution in [2.24, 2.45) is 0 Å². The van der Waals surface area contributed by atoms with Crippen LogP contribution in [-0.4, -0.2) is 5.16 Å². The van der Waals surface area contributed by atoms with Crippen molar-refractivity contribution >= 4 is 0 Å². The van der Waals surface area contributed by atoms with Crippen LogP contribution in [0.5, 0.6) is 0 Å². The number of aromatic nitrogens is 1. The Morgan fingerprint density at radius 1 is 1.28 bits per heavy atom. The van der Waals surface area contributed by atoms with E-state index in [1.165, 1.54) is 36.0 Å². The predicted molar refractivity (Wildman–Crippen MR) is 70.2 cm³/mol. The van der Waals surface area contributed by atoms with Crippen molar-refractivity contribution in [3.8, 4) is 0 Å². The zero-order chi connectivity index (χ0) is 12.4. The summed E-state index contributed by atoms with van der Waals surface area (Å²) in [7, 11) is 0. The van der Waals surface area contributed by atoms with Crippen LogP contribution in [-0.2, 0) is 19.4 Å². The molecule has 1 heterocycles. The molecule has 0 aliphatic heterocycles. The number of nitrogens with one attached hydrogen (secondary N) is 1. The fraction of sp³-hybridized carbons (Fsp3) is 0.400. The van der Waals surface area contributed by atoms with Crippen molar-refractivity contribution < 1.29 is 4.52 Å². The standard InChI is InChI=1S/C15H18N2O/c1-11(16-10-15-7-8-18-17-15)13-6-5-12-3-2-4-14(12)9-13/h5-9,11,16H,2-4,10H2,1H3. The molecule has 3 rings (SSSR count). The molecule has 1 aromatic heterocycles. The van der Waals surface area contributed by atoms with Crippen LogP contribution < -0.4 is 5.32 Å². The van der Waals surface area contributed by atoms with Crippen LogP contribution >= 0.6 is 0 Å². The van der Waals surface area contributed by atoms with Crippen LogP contribution in [0.2, 0.25) is 0 Å². The number of hydrogen-bond donors (Lipinski definition) is 1. The molecule has 0 amide bonds. The van der Waals surface area contributed by atoms with E-state index < -0.39 is 0 Å². The Balaban J connectivity index is 1.67. The van der Waals surface area contributed by atoms with Gasteiger partial charge in [-0.25, -0.2) is 0 Å². The summed E-state index contributed by atoms with van der Waals surface area (Å²) in [5.74, 6) is 0. The minimum absolute atomic E-state index is 0.340. The molecule has 1 aromatic carbocycles. The van der Waals surface area contributed by atoms with Crippen molar-refractivity contribution in [2.45, 2.75) is 38.8 Å². The second-order valence-electron chi connectivity index (χ2n) is 4.98. The Kier molecular flexibility index (Phi) is 3.15. The number of aryl methyl sites for hydroxylation is 2. The van der Waals surface area contributed by atoms with Gasteiger partial charge < -0.3 is 9.84 Å². The monoisotopic (exact) mass is 242 g/mol. The quantitative estimate of drug-likeness (QED) is 0.895. The molecule has 0 saturated heterocycles. The van der Waals surface area contributed by atoms with Crippen LogP contribution in [0.25, 0.3) is 0 Å². The van der Waals surface area contributed by atoms with Gasteiger partial charge >= 0.3 is 0 Å². The first-order valence-corrected chi connectivity index (χ1v) is 6.57. The fourth-order valence-corrected chi connectivity index (χ4v) is 2.57. The summed E-state index contributed by atoms with van der Waals surface area (Å²) >= 11 is 0. The molecule has 0 fully saturated rings. The number of nitrogens with zero attached hydrogens (tertiary/aromatic N) is 1. The zero-order valence-electron chi connectivity index (χ0n) is 10.6. The molecule has 2 aromatic rings. The van der Waals surface area contributed by atoms with Gasteiger partial charge in [0.1, 0.15) is 6.26 Å². The molecule has 0 spiro atoms. The van der Waals surface area contributed by atoms with Crippen molar-refractivity contribution in [3.63, 3.8) is 0 Å². The molecule has 18 heavy (non-hydrogen) atoms. The molecule has 3 heteroatoms. The molecule has 1 aliphatic carbocycles. The molecule has 0 bridgehead atoms. The number of rotatable bonds is 4. The lowest BCUT2D eigenvalue weighted by Crippen LogP contribution is -2.18. The predicted octanol–water partition coefficient (Wildman–Crippen LogP) is 3.01. The third-order valence-electron chi connectivity index (χ3n) is 3.70. The third kappa shape index (κ3) is 2.31. The Morgan fingerprint density at radius 3 is 3.00 bits per heavy atom. The van der Waals surface area contributed by atoms with Crippen molar-refractivity contribution in [2.75, 3.05) is 0 Å². The zero-order valence-corrected chi connectivity index (χ0v) is 10.6. The molecule has 0 radical (unpaired) electrons. The van der Waals surface area contributed by atoms with Crippen molar-refractivity contribution in [1.82, 2.24) is 10.5 Å². The van der Waals surface area contributed by atoms with Gasteiger partial charge in [0.25, 0.3) is 0 Å². The smallest absolute Gasteiger partial charge is 0.124 e. The highest BCUT2D eigenvalue weighted by atomic mass is 16.5. The normalized spacial score (nSPS) is 15.6. The topological polar surface area (TPSA) is 38.1 Å². The minimum Gasteiger partial charge on any atom is -0.364 e. The minimum atomic E-state index is 0.340. The molecular weight excluding hydrogens is 224 g/mol. The Hall–Kier alpha value is -1.61. The van der Waals surface area contributed by atoms with Crippen LogP contribution in [0.15, 0.2) is 35.1 Å². The van der Waals surface area contributed by atoms with Crippen LogP contribution in [0, 0.1) is 0 Å². The second kappa shape index (κ2) is 4.94. The molecule has 94 valence electrons. The van der Waals surface area contributed by atoms with Gasteiger partial charge in [-0.1, -0.05) is 23.4 Å². The van der Waals surface area contributed by atoms with E-state index in [1.54, 1.807) is 6.26 Å².